The first-order valence-electron chi connectivity index (χ1n) is 9.95. The van der Waals surface area contributed by atoms with E-state index >= 15 is 0 Å². The van der Waals surface area contributed by atoms with Gasteiger partial charge in [0.05, 0.1) is 23.9 Å². The fourth-order valence-electron chi connectivity index (χ4n) is 4.66. The van der Waals surface area contributed by atoms with Crippen LogP contribution in [0.5, 0.6) is 0 Å². The average molecular weight is 379 g/mol. The number of carbonyl (C=O) groups is 1. The number of carbonyl (C=O) groups excluding carboxylic acids is 1. The zero-order valence-corrected chi connectivity index (χ0v) is 16.3. The van der Waals surface area contributed by atoms with Crippen LogP contribution in [0.15, 0.2) is 35.1 Å². The van der Waals surface area contributed by atoms with Crippen molar-refractivity contribution < 1.29 is 9.32 Å². The molecular formula is C21H25N5O2. The Morgan fingerprint density at radius 2 is 2.07 bits per heavy atom. The molecule has 0 saturated carbocycles. The molecule has 2 bridgehead atoms. The number of pyridine rings is 1. The molecule has 2 atom stereocenters. The highest BCUT2D eigenvalue weighted by Gasteiger charge is 2.41. The van der Waals surface area contributed by atoms with Crippen molar-refractivity contribution in [2.45, 2.75) is 45.8 Å². The van der Waals surface area contributed by atoms with E-state index in [0.717, 1.165) is 60.8 Å². The Bertz CT molecular complexity index is 970. The summed E-state index contributed by atoms with van der Waals surface area (Å²) >= 11 is 0. The number of aromatic nitrogens is 3. The summed E-state index contributed by atoms with van der Waals surface area (Å²) < 4.78 is 7.36. The Hall–Kier alpha value is -2.67. The number of fused-ring (bicyclic) bond motifs is 5. The fourth-order valence-corrected chi connectivity index (χ4v) is 4.66. The predicted molar refractivity (Wildman–Crippen MR) is 104 cm³/mol. The monoisotopic (exact) mass is 379 g/mol. The van der Waals surface area contributed by atoms with Crippen molar-refractivity contribution >= 4 is 11.6 Å². The van der Waals surface area contributed by atoms with Crippen molar-refractivity contribution in [3.63, 3.8) is 0 Å². The summed E-state index contributed by atoms with van der Waals surface area (Å²) in [5.41, 5.74) is 3.95. The Balaban J connectivity index is 1.36. The van der Waals surface area contributed by atoms with Gasteiger partial charge in [-0.05, 0) is 38.8 Å². The average Bonchev–Trinajstić information content (AvgIpc) is 3.11. The molecule has 0 spiro atoms. The standard InChI is InChI=1S/C21H25N5O2/c1-14-19(15(2)28-23-14)13-26-18-7-6-16(21(26)27)9-24(12-18)10-17-11-25-8-4-3-5-20(25)22-17/h3-5,8,11,16,18H,6-7,9-10,12-13H2,1-2H3/t16-,18+/m1/s1. The molecule has 146 valence electrons. The van der Waals surface area contributed by atoms with Crippen LogP contribution in [0.1, 0.15) is 35.6 Å². The number of amides is 1. The van der Waals surface area contributed by atoms with Crippen LogP contribution in [-0.2, 0) is 17.9 Å². The molecule has 6 rings (SSSR count). The van der Waals surface area contributed by atoms with Crippen LogP contribution in [0.25, 0.3) is 5.65 Å². The van der Waals surface area contributed by atoms with Crippen molar-refractivity contribution in [1.29, 1.82) is 0 Å². The lowest BCUT2D eigenvalue weighted by atomic mass is 9.93. The highest BCUT2D eigenvalue weighted by Crippen LogP contribution is 2.32. The summed E-state index contributed by atoms with van der Waals surface area (Å²) in [6, 6.07) is 6.26. The molecule has 3 aliphatic rings. The molecule has 0 aromatic carbocycles. The van der Waals surface area contributed by atoms with E-state index in [1.54, 1.807) is 0 Å². The van der Waals surface area contributed by atoms with Gasteiger partial charge in [0.2, 0.25) is 5.91 Å². The van der Waals surface area contributed by atoms with Gasteiger partial charge in [-0.1, -0.05) is 11.2 Å². The smallest absolute Gasteiger partial charge is 0.227 e. The third-order valence-corrected chi connectivity index (χ3v) is 6.18. The van der Waals surface area contributed by atoms with Crippen molar-refractivity contribution in [3.8, 4) is 0 Å². The van der Waals surface area contributed by atoms with Crippen LogP contribution in [0, 0.1) is 19.8 Å². The topological polar surface area (TPSA) is 66.9 Å². The van der Waals surface area contributed by atoms with Crippen LogP contribution in [0.4, 0.5) is 0 Å². The lowest BCUT2D eigenvalue weighted by Gasteiger charge is -2.36. The van der Waals surface area contributed by atoms with E-state index in [1.165, 1.54) is 0 Å². The lowest BCUT2D eigenvalue weighted by molar-refractivity contribution is -0.140. The minimum atomic E-state index is 0.0660. The number of hydrogen-bond acceptors (Lipinski definition) is 5. The molecule has 0 unspecified atom stereocenters. The second-order valence-corrected chi connectivity index (χ2v) is 8.09. The van der Waals surface area contributed by atoms with Crippen LogP contribution < -0.4 is 0 Å². The van der Waals surface area contributed by atoms with Crippen molar-refractivity contribution in [2.75, 3.05) is 13.1 Å². The predicted octanol–water partition coefficient (Wildman–Crippen LogP) is 2.56. The maximum Gasteiger partial charge on any atom is 0.227 e. The number of piperidine rings is 1. The van der Waals surface area contributed by atoms with Crippen LogP contribution in [0.2, 0.25) is 0 Å². The van der Waals surface area contributed by atoms with Crippen LogP contribution >= 0.6 is 0 Å². The van der Waals surface area contributed by atoms with E-state index in [1.807, 2.05) is 38.2 Å². The molecular weight excluding hydrogens is 354 g/mol. The van der Waals surface area contributed by atoms with Gasteiger partial charge in [-0.25, -0.2) is 4.98 Å². The van der Waals surface area contributed by atoms with Crippen molar-refractivity contribution in [1.82, 2.24) is 24.3 Å². The van der Waals surface area contributed by atoms with Crippen molar-refractivity contribution in [2.24, 2.45) is 5.92 Å². The zero-order valence-electron chi connectivity index (χ0n) is 16.3. The quantitative estimate of drug-likeness (QED) is 0.697. The first-order valence-corrected chi connectivity index (χ1v) is 9.95. The van der Waals surface area contributed by atoms with E-state index in [9.17, 15) is 4.79 Å². The van der Waals surface area contributed by atoms with Gasteiger partial charge in [-0.2, -0.15) is 0 Å². The third-order valence-electron chi connectivity index (χ3n) is 6.18. The summed E-state index contributed by atoms with van der Waals surface area (Å²) in [5.74, 6) is 1.15. The van der Waals surface area contributed by atoms with E-state index in [-0.39, 0.29) is 17.9 Å². The third kappa shape index (κ3) is 2.99. The maximum atomic E-state index is 13.1. The first-order chi connectivity index (χ1) is 13.6. The number of hydrogen-bond donors (Lipinski definition) is 0. The van der Waals surface area contributed by atoms with Gasteiger partial charge < -0.3 is 13.8 Å². The number of nitrogens with zero attached hydrogens (tertiary/aromatic N) is 5. The number of imidazole rings is 1. The molecule has 1 amide bonds. The summed E-state index contributed by atoms with van der Waals surface area (Å²) in [6.45, 7) is 6.94. The van der Waals surface area contributed by atoms with Gasteiger partial charge in [0.15, 0.2) is 0 Å². The maximum absolute atomic E-state index is 13.1. The van der Waals surface area contributed by atoms with Gasteiger partial charge >= 0.3 is 0 Å². The molecule has 0 radical (unpaired) electrons. The summed E-state index contributed by atoms with van der Waals surface area (Å²) in [4.78, 5) is 22.3. The second-order valence-electron chi connectivity index (χ2n) is 8.09. The highest BCUT2D eigenvalue weighted by atomic mass is 16.5. The Labute approximate surface area is 163 Å². The normalized spacial score (nSPS) is 22.9. The molecule has 3 aromatic rings. The van der Waals surface area contributed by atoms with E-state index in [0.29, 0.717) is 6.54 Å². The fraction of sp³-hybridized carbons (Fsp3) is 0.476. The van der Waals surface area contributed by atoms with E-state index in [2.05, 4.69) is 25.6 Å². The first kappa shape index (κ1) is 17.4. The largest absolute Gasteiger partial charge is 0.361 e. The molecule has 7 nitrogen and oxygen atoms in total. The molecule has 0 aliphatic carbocycles. The van der Waals surface area contributed by atoms with E-state index < -0.39 is 0 Å². The van der Waals surface area contributed by atoms with Gasteiger partial charge in [0.1, 0.15) is 11.4 Å². The summed E-state index contributed by atoms with van der Waals surface area (Å²) in [7, 11) is 0. The molecule has 3 aromatic heterocycles. The van der Waals surface area contributed by atoms with Crippen molar-refractivity contribution in [3.05, 3.63) is 53.3 Å². The van der Waals surface area contributed by atoms with E-state index in [4.69, 9.17) is 9.51 Å². The SMILES string of the molecule is Cc1noc(C)c1CN1C(=O)[C@@H]2CC[C@H]1CN(Cc1cn3ccccc3n1)C2. The van der Waals surface area contributed by atoms with Crippen LogP contribution in [-0.4, -0.2) is 49.4 Å². The minimum absolute atomic E-state index is 0.0660. The number of aryl methyl sites for hydroxylation is 2. The molecule has 3 saturated heterocycles. The Morgan fingerprint density at radius 1 is 1.18 bits per heavy atom. The highest BCUT2D eigenvalue weighted by molar-refractivity contribution is 5.80. The van der Waals surface area contributed by atoms with Gasteiger partial charge in [0, 0.05) is 43.6 Å². The lowest BCUT2D eigenvalue weighted by Crippen LogP contribution is -2.47. The summed E-state index contributed by atoms with van der Waals surface area (Å²) in [5, 5.41) is 4.05. The number of rotatable bonds is 4. The molecule has 3 fully saturated rings. The molecule has 6 heterocycles. The minimum Gasteiger partial charge on any atom is -0.361 e. The molecule has 28 heavy (non-hydrogen) atoms. The van der Waals surface area contributed by atoms with Crippen LogP contribution in [0.3, 0.4) is 0 Å². The molecule has 3 aliphatic heterocycles. The van der Waals surface area contributed by atoms with Gasteiger partial charge in [0.25, 0.3) is 0 Å². The second kappa shape index (κ2) is 6.74. The molecule has 0 N–H and O–H groups in total. The summed E-state index contributed by atoms with van der Waals surface area (Å²) in [6.07, 6.45) is 6.14. The van der Waals surface area contributed by atoms with Gasteiger partial charge in [-0.15, -0.1) is 0 Å². The molecule has 7 heteroatoms. The Kier molecular flexibility index (Phi) is 4.19. The van der Waals surface area contributed by atoms with Gasteiger partial charge in [-0.3, -0.25) is 9.69 Å². The Morgan fingerprint density at radius 3 is 2.86 bits per heavy atom. The zero-order chi connectivity index (χ0) is 19.3.